The average molecular weight is 363 g/mol. The number of pyridine rings is 1. The number of rotatable bonds is 7. The number of carbonyl (C=O) groups excluding carboxylic acids is 1. The topological polar surface area (TPSA) is 83.5 Å². The van der Waals surface area contributed by atoms with Crippen molar-refractivity contribution in [2.45, 2.75) is 46.0 Å². The summed E-state index contributed by atoms with van der Waals surface area (Å²) in [7, 11) is 0. The number of hydrogen-bond acceptors (Lipinski definition) is 4. The molecule has 3 N–H and O–H groups in total. The number of carbonyl (C=O) groups is 1. The second-order valence-corrected chi connectivity index (χ2v) is 6.66. The molecule has 0 aliphatic rings. The number of aromatic nitrogens is 1. The van der Waals surface area contributed by atoms with Crippen molar-refractivity contribution in [1.82, 2.24) is 15.6 Å². The summed E-state index contributed by atoms with van der Waals surface area (Å²) < 4.78 is 41.2. The van der Waals surface area contributed by atoms with E-state index in [9.17, 15) is 23.1 Å². The van der Waals surface area contributed by atoms with Crippen LogP contribution in [0.5, 0.6) is 5.88 Å². The third kappa shape index (κ3) is 9.13. The van der Waals surface area contributed by atoms with Crippen LogP contribution in [0.25, 0.3) is 0 Å². The van der Waals surface area contributed by atoms with Crippen LogP contribution < -0.4 is 15.4 Å². The van der Waals surface area contributed by atoms with Crippen LogP contribution in [0, 0.1) is 5.41 Å². The Labute approximate surface area is 144 Å². The van der Waals surface area contributed by atoms with Crippen molar-refractivity contribution in [1.29, 1.82) is 0 Å². The molecule has 1 atom stereocenters. The van der Waals surface area contributed by atoms with E-state index in [2.05, 4.69) is 15.6 Å². The number of nitrogens with zero attached hydrogens (tertiary/aromatic N) is 1. The molecule has 0 aromatic carbocycles. The smallest absolute Gasteiger partial charge is 0.392 e. The number of aliphatic hydroxyl groups excluding tert-OH is 1. The van der Waals surface area contributed by atoms with Gasteiger partial charge in [0.25, 0.3) is 0 Å². The molecule has 0 saturated carbocycles. The van der Waals surface area contributed by atoms with Crippen LogP contribution in [-0.2, 0) is 6.54 Å². The van der Waals surface area contributed by atoms with Gasteiger partial charge in [-0.15, -0.1) is 0 Å². The van der Waals surface area contributed by atoms with E-state index < -0.39 is 31.3 Å². The van der Waals surface area contributed by atoms with Gasteiger partial charge in [0.2, 0.25) is 5.88 Å². The predicted molar refractivity (Wildman–Crippen MR) is 86.1 cm³/mol. The first-order valence-corrected chi connectivity index (χ1v) is 7.81. The number of nitrogens with one attached hydrogen (secondary N) is 2. The number of alkyl halides is 3. The molecule has 1 aromatic rings. The highest BCUT2D eigenvalue weighted by Crippen LogP contribution is 2.20. The van der Waals surface area contributed by atoms with E-state index in [1.165, 1.54) is 12.3 Å². The van der Waals surface area contributed by atoms with E-state index >= 15 is 0 Å². The van der Waals surface area contributed by atoms with Crippen LogP contribution >= 0.6 is 0 Å². The number of urea groups is 1. The molecule has 0 unspecified atom stereocenters. The SMILES string of the molecule is CC(C)(C)[C@@H](O)CNC(=O)NCc1ccnc(OCCC(F)(F)F)c1. The zero-order valence-corrected chi connectivity index (χ0v) is 14.5. The van der Waals surface area contributed by atoms with Gasteiger partial charge in [0.05, 0.1) is 19.1 Å². The van der Waals surface area contributed by atoms with Crippen LogP contribution in [-0.4, -0.2) is 41.6 Å². The van der Waals surface area contributed by atoms with Gasteiger partial charge < -0.3 is 20.5 Å². The molecular formula is C16H24F3N3O3. The summed E-state index contributed by atoms with van der Waals surface area (Å²) in [6.07, 6.45) is -4.64. The molecule has 25 heavy (non-hydrogen) atoms. The first kappa shape index (κ1) is 21.0. The Balaban J connectivity index is 2.39. The minimum Gasteiger partial charge on any atom is -0.477 e. The van der Waals surface area contributed by atoms with Crippen molar-refractivity contribution < 1.29 is 27.8 Å². The van der Waals surface area contributed by atoms with Crippen LogP contribution in [0.1, 0.15) is 32.8 Å². The first-order chi connectivity index (χ1) is 11.5. The molecule has 1 aromatic heterocycles. The summed E-state index contributed by atoms with van der Waals surface area (Å²) in [5.74, 6) is 0.0621. The van der Waals surface area contributed by atoms with E-state index in [-0.39, 0.29) is 24.4 Å². The summed E-state index contributed by atoms with van der Waals surface area (Å²) >= 11 is 0. The summed E-state index contributed by atoms with van der Waals surface area (Å²) in [6.45, 7) is 5.31. The summed E-state index contributed by atoms with van der Waals surface area (Å²) in [6, 6.07) is 2.61. The van der Waals surface area contributed by atoms with Crippen LogP contribution in [0.2, 0.25) is 0 Å². The third-order valence-corrected chi connectivity index (χ3v) is 3.34. The minimum atomic E-state index is -4.28. The van der Waals surface area contributed by atoms with Crippen molar-refractivity contribution >= 4 is 6.03 Å². The second-order valence-electron chi connectivity index (χ2n) is 6.66. The lowest BCUT2D eigenvalue weighted by atomic mass is 9.89. The molecule has 0 radical (unpaired) electrons. The van der Waals surface area contributed by atoms with Gasteiger partial charge in [0, 0.05) is 25.4 Å². The first-order valence-electron chi connectivity index (χ1n) is 7.81. The molecule has 0 spiro atoms. The van der Waals surface area contributed by atoms with E-state index in [1.807, 2.05) is 20.8 Å². The Hall–Kier alpha value is -2.03. The van der Waals surface area contributed by atoms with Gasteiger partial charge >= 0.3 is 12.2 Å². The van der Waals surface area contributed by atoms with Gasteiger partial charge in [-0.1, -0.05) is 20.8 Å². The molecule has 142 valence electrons. The number of aliphatic hydroxyl groups is 1. The molecule has 1 rings (SSSR count). The lowest BCUT2D eigenvalue weighted by Gasteiger charge is -2.25. The average Bonchev–Trinajstić information content (AvgIpc) is 2.48. The molecular weight excluding hydrogens is 339 g/mol. The molecule has 0 saturated heterocycles. The van der Waals surface area contributed by atoms with Crippen LogP contribution in [0.4, 0.5) is 18.0 Å². The van der Waals surface area contributed by atoms with E-state index in [0.717, 1.165) is 0 Å². The number of hydrogen-bond donors (Lipinski definition) is 3. The number of halogens is 3. The minimum absolute atomic E-state index is 0.0621. The maximum absolute atomic E-state index is 12.1. The van der Waals surface area contributed by atoms with Crippen LogP contribution in [0.15, 0.2) is 18.3 Å². The zero-order chi connectivity index (χ0) is 19.1. The van der Waals surface area contributed by atoms with Crippen molar-refractivity contribution in [3.63, 3.8) is 0 Å². The third-order valence-electron chi connectivity index (χ3n) is 3.34. The molecule has 9 heteroatoms. The van der Waals surface area contributed by atoms with Gasteiger partial charge in [-0.2, -0.15) is 13.2 Å². The molecule has 2 amide bonds. The van der Waals surface area contributed by atoms with Crippen molar-refractivity contribution in [2.75, 3.05) is 13.2 Å². The second kappa shape index (κ2) is 8.89. The monoisotopic (exact) mass is 363 g/mol. The maximum Gasteiger partial charge on any atom is 0.392 e. The standard InChI is InChI=1S/C16H24F3N3O3/c1-15(2,3)12(23)10-22-14(24)21-9-11-4-6-20-13(8-11)25-7-5-16(17,18)19/h4,6,8,12,23H,5,7,9-10H2,1-3H3,(H2,21,22,24)/t12-/m0/s1. The van der Waals surface area contributed by atoms with E-state index in [0.29, 0.717) is 5.56 Å². The Kier molecular flexibility index (Phi) is 7.47. The zero-order valence-electron chi connectivity index (χ0n) is 14.5. The van der Waals surface area contributed by atoms with Gasteiger partial charge in [0.1, 0.15) is 0 Å². The summed E-state index contributed by atoms with van der Waals surface area (Å²) in [5, 5.41) is 15.0. The molecule has 6 nitrogen and oxygen atoms in total. The van der Waals surface area contributed by atoms with E-state index in [1.54, 1.807) is 6.07 Å². The van der Waals surface area contributed by atoms with Gasteiger partial charge in [-0.05, 0) is 17.0 Å². The van der Waals surface area contributed by atoms with Crippen molar-refractivity contribution in [3.8, 4) is 5.88 Å². The van der Waals surface area contributed by atoms with Gasteiger partial charge in [-0.25, -0.2) is 9.78 Å². The predicted octanol–water partition coefficient (Wildman–Crippen LogP) is 2.62. The normalized spacial score (nSPS) is 13.2. The largest absolute Gasteiger partial charge is 0.477 e. The fraction of sp³-hybridized carbons (Fsp3) is 0.625. The van der Waals surface area contributed by atoms with Gasteiger partial charge in [-0.3, -0.25) is 0 Å². The van der Waals surface area contributed by atoms with Crippen molar-refractivity contribution in [3.05, 3.63) is 23.9 Å². The Morgan fingerprint density at radius 3 is 2.60 bits per heavy atom. The quantitative estimate of drug-likeness (QED) is 0.695. The fourth-order valence-electron chi connectivity index (χ4n) is 1.65. The molecule has 0 aliphatic carbocycles. The highest BCUT2D eigenvalue weighted by molar-refractivity contribution is 5.73. The summed E-state index contributed by atoms with van der Waals surface area (Å²) in [4.78, 5) is 15.5. The Bertz CT molecular complexity index is 560. The van der Waals surface area contributed by atoms with E-state index in [4.69, 9.17) is 4.74 Å². The number of amides is 2. The molecule has 0 bridgehead atoms. The lowest BCUT2D eigenvalue weighted by molar-refractivity contribution is -0.139. The maximum atomic E-state index is 12.1. The van der Waals surface area contributed by atoms with Gasteiger partial charge in [0.15, 0.2) is 0 Å². The molecule has 0 fully saturated rings. The lowest BCUT2D eigenvalue weighted by Crippen LogP contribution is -2.43. The highest BCUT2D eigenvalue weighted by Gasteiger charge is 2.27. The van der Waals surface area contributed by atoms with Crippen molar-refractivity contribution in [2.24, 2.45) is 5.41 Å². The molecule has 0 aliphatic heterocycles. The highest BCUT2D eigenvalue weighted by atomic mass is 19.4. The Morgan fingerprint density at radius 2 is 2.00 bits per heavy atom. The van der Waals surface area contributed by atoms with Crippen LogP contribution in [0.3, 0.4) is 0 Å². The fourth-order valence-corrected chi connectivity index (χ4v) is 1.65. The number of ether oxygens (including phenoxy) is 1. The Morgan fingerprint density at radius 1 is 1.32 bits per heavy atom. The summed E-state index contributed by atoms with van der Waals surface area (Å²) in [5.41, 5.74) is 0.282. The molecule has 1 heterocycles.